The molecule has 0 aromatic carbocycles. The van der Waals surface area contributed by atoms with E-state index in [0.29, 0.717) is 0 Å². The van der Waals surface area contributed by atoms with Crippen molar-refractivity contribution in [2.75, 3.05) is 13.6 Å². The molecule has 1 aliphatic rings. The van der Waals surface area contributed by atoms with Crippen LogP contribution in [0.25, 0.3) is 0 Å². The smallest absolute Gasteiger partial charge is 0.309 e. The first-order valence-electron chi connectivity index (χ1n) is 7.80. The number of hydrogen-bond acceptors (Lipinski definition) is 2. The minimum Gasteiger partial charge on any atom is -0.481 e. The van der Waals surface area contributed by atoms with Crippen molar-refractivity contribution in [1.29, 1.82) is 0 Å². The van der Waals surface area contributed by atoms with Crippen LogP contribution in [0.3, 0.4) is 0 Å². The average molecular weight is 269 g/mol. The summed E-state index contributed by atoms with van der Waals surface area (Å²) in [5, 5.41) is 9.10. The molecule has 1 N–H and O–H groups in total. The molecule has 0 aromatic rings. The highest BCUT2D eigenvalue weighted by atomic mass is 16.4. The van der Waals surface area contributed by atoms with Crippen LogP contribution in [0.2, 0.25) is 0 Å². The molecule has 1 saturated carbocycles. The molecule has 1 rings (SSSR count). The molecule has 3 nitrogen and oxygen atoms in total. The van der Waals surface area contributed by atoms with Gasteiger partial charge < -0.3 is 10.0 Å². The summed E-state index contributed by atoms with van der Waals surface area (Å²) in [6, 6.07) is 0.718. The standard InChI is InChI=1S/C16H31NO2/c1-5-13-7-9-14(10-8-13)17(4)12-6-11-16(2,3)15(18)19/h13-14H,5-12H2,1-4H3,(H,18,19). The van der Waals surface area contributed by atoms with Crippen LogP contribution in [0.4, 0.5) is 0 Å². The van der Waals surface area contributed by atoms with Crippen LogP contribution in [0.5, 0.6) is 0 Å². The van der Waals surface area contributed by atoms with Crippen molar-refractivity contribution in [2.24, 2.45) is 11.3 Å². The average Bonchev–Trinajstić information content (AvgIpc) is 2.38. The Kier molecular flexibility index (Phi) is 6.31. The Morgan fingerprint density at radius 3 is 2.32 bits per heavy atom. The monoisotopic (exact) mass is 269 g/mol. The molecule has 0 aliphatic heterocycles. The number of hydrogen-bond donors (Lipinski definition) is 1. The maximum atomic E-state index is 11.1. The molecular weight excluding hydrogens is 238 g/mol. The van der Waals surface area contributed by atoms with Crippen LogP contribution in [-0.2, 0) is 4.79 Å². The third-order valence-electron chi connectivity index (χ3n) is 4.91. The Balaban J connectivity index is 2.25. The lowest BCUT2D eigenvalue weighted by Crippen LogP contribution is -2.36. The number of nitrogens with zero attached hydrogens (tertiary/aromatic N) is 1. The summed E-state index contributed by atoms with van der Waals surface area (Å²) in [4.78, 5) is 13.5. The van der Waals surface area contributed by atoms with E-state index in [9.17, 15) is 4.79 Å². The summed E-state index contributed by atoms with van der Waals surface area (Å²) in [5.41, 5.74) is -0.583. The summed E-state index contributed by atoms with van der Waals surface area (Å²) >= 11 is 0. The van der Waals surface area contributed by atoms with Crippen LogP contribution in [-0.4, -0.2) is 35.6 Å². The van der Waals surface area contributed by atoms with E-state index in [0.717, 1.165) is 31.3 Å². The SMILES string of the molecule is CCC1CCC(N(C)CCCC(C)(C)C(=O)O)CC1. The van der Waals surface area contributed by atoms with Crippen molar-refractivity contribution in [3.63, 3.8) is 0 Å². The zero-order chi connectivity index (χ0) is 14.5. The maximum Gasteiger partial charge on any atom is 0.309 e. The van der Waals surface area contributed by atoms with Gasteiger partial charge in [0, 0.05) is 6.04 Å². The van der Waals surface area contributed by atoms with Crippen LogP contribution < -0.4 is 0 Å². The van der Waals surface area contributed by atoms with E-state index in [1.54, 1.807) is 0 Å². The highest BCUT2D eigenvalue weighted by molar-refractivity contribution is 5.73. The van der Waals surface area contributed by atoms with E-state index >= 15 is 0 Å². The van der Waals surface area contributed by atoms with Gasteiger partial charge in [0.25, 0.3) is 0 Å². The molecule has 19 heavy (non-hydrogen) atoms. The second-order valence-corrected chi connectivity index (χ2v) is 6.86. The molecule has 0 spiro atoms. The first-order valence-corrected chi connectivity index (χ1v) is 7.80. The molecule has 3 heteroatoms. The van der Waals surface area contributed by atoms with Crippen molar-refractivity contribution in [2.45, 2.75) is 71.8 Å². The van der Waals surface area contributed by atoms with Crippen LogP contribution in [0.15, 0.2) is 0 Å². The summed E-state index contributed by atoms with van der Waals surface area (Å²) in [7, 11) is 2.20. The first kappa shape index (κ1) is 16.5. The molecule has 1 aliphatic carbocycles. The Morgan fingerprint density at radius 2 is 1.84 bits per heavy atom. The van der Waals surface area contributed by atoms with E-state index in [-0.39, 0.29) is 0 Å². The molecule has 0 bridgehead atoms. The van der Waals surface area contributed by atoms with E-state index in [1.807, 2.05) is 13.8 Å². The van der Waals surface area contributed by atoms with Gasteiger partial charge in [-0.15, -0.1) is 0 Å². The van der Waals surface area contributed by atoms with Gasteiger partial charge in [0.05, 0.1) is 5.41 Å². The molecule has 0 aromatic heterocycles. The lowest BCUT2D eigenvalue weighted by Gasteiger charge is -2.34. The maximum absolute atomic E-state index is 11.1. The van der Waals surface area contributed by atoms with E-state index in [2.05, 4.69) is 18.9 Å². The van der Waals surface area contributed by atoms with E-state index in [1.165, 1.54) is 32.1 Å². The molecule has 112 valence electrons. The third-order valence-corrected chi connectivity index (χ3v) is 4.91. The van der Waals surface area contributed by atoms with Crippen LogP contribution in [0.1, 0.15) is 65.7 Å². The Labute approximate surface area is 118 Å². The summed E-state index contributed by atoms with van der Waals surface area (Å²) in [5.74, 6) is 0.259. The normalized spacial score (nSPS) is 24.7. The minimum absolute atomic E-state index is 0.583. The van der Waals surface area contributed by atoms with Crippen molar-refractivity contribution >= 4 is 5.97 Å². The van der Waals surface area contributed by atoms with Gasteiger partial charge in [-0.25, -0.2) is 0 Å². The minimum atomic E-state index is -0.682. The highest BCUT2D eigenvalue weighted by Gasteiger charge is 2.27. The van der Waals surface area contributed by atoms with Gasteiger partial charge in [0.1, 0.15) is 0 Å². The number of aliphatic carboxylic acids is 1. The Morgan fingerprint density at radius 1 is 1.26 bits per heavy atom. The van der Waals surface area contributed by atoms with Gasteiger partial charge in [-0.1, -0.05) is 13.3 Å². The van der Waals surface area contributed by atoms with Gasteiger partial charge in [0.2, 0.25) is 0 Å². The predicted molar refractivity (Wildman–Crippen MR) is 79.3 cm³/mol. The summed E-state index contributed by atoms with van der Waals surface area (Å²) in [6.45, 7) is 6.96. The number of carboxylic acid groups (broad SMARTS) is 1. The third kappa shape index (κ3) is 5.13. The number of carboxylic acids is 1. The van der Waals surface area contributed by atoms with Crippen molar-refractivity contribution in [1.82, 2.24) is 4.90 Å². The largest absolute Gasteiger partial charge is 0.481 e. The Bertz CT molecular complexity index is 280. The predicted octanol–water partition coefficient (Wildman–Crippen LogP) is 3.78. The van der Waals surface area contributed by atoms with Crippen molar-refractivity contribution < 1.29 is 9.90 Å². The second-order valence-electron chi connectivity index (χ2n) is 6.86. The van der Waals surface area contributed by atoms with Gasteiger partial charge in [-0.2, -0.15) is 0 Å². The summed E-state index contributed by atoms with van der Waals surface area (Å²) < 4.78 is 0. The summed E-state index contributed by atoms with van der Waals surface area (Å²) in [6.07, 6.45) is 8.43. The fourth-order valence-electron chi connectivity index (χ4n) is 3.05. The van der Waals surface area contributed by atoms with Gasteiger partial charge in [0.15, 0.2) is 0 Å². The molecule has 0 unspecified atom stereocenters. The number of rotatable bonds is 7. The zero-order valence-electron chi connectivity index (χ0n) is 13.1. The first-order chi connectivity index (χ1) is 8.86. The lowest BCUT2D eigenvalue weighted by molar-refractivity contribution is -0.147. The molecule has 0 amide bonds. The fourth-order valence-corrected chi connectivity index (χ4v) is 3.05. The van der Waals surface area contributed by atoms with Crippen LogP contribution >= 0.6 is 0 Å². The molecule has 1 fully saturated rings. The second kappa shape index (κ2) is 7.28. The molecular formula is C16H31NO2. The van der Waals surface area contributed by atoms with Gasteiger partial charge >= 0.3 is 5.97 Å². The molecule has 0 radical (unpaired) electrons. The molecule has 0 heterocycles. The van der Waals surface area contributed by atoms with Gasteiger partial charge in [-0.3, -0.25) is 4.79 Å². The van der Waals surface area contributed by atoms with Crippen LogP contribution in [0, 0.1) is 11.3 Å². The quantitative estimate of drug-likeness (QED) is 0.764. The highest BCUT2D eigenvalue weighted by Crippen LogP contribution is 2.29. The van der Waals surface area contributed by atoms with Gasteiger partial charge in [-0.05, 0) is 71.9 Å². The Hall–Kier alpha value is -0.570. The number of carbonyl (C=O) groups is 1. The van der Waals surface area contributed by atoms with Crippen molar-refractivity contribution in [3.05, 3.63) is 0 Å². The lowest BCUT2D eigenvalue weighted by atomic mass is 9.83. The van der Waals surface area contributed by atoms with E-state index < -0.39 is 11.4 Å². The molecule has 0 atom stereocenters. The van der Waals surface area contributed by atoms with Crippen molar-refractivity contribution in [3.8, 4) is 0 Å². The van der Waals surface area contributed by atoms with E-state index in [4.69, 9.17) is 5.11 Å². The molecule has 0 saturated heterocycles. The fraction of sp³-hybridized carbons (Fsp3) is 0.938. The zero-order valence-corrected chi connectivity index (χ0v) is 13.1. The topological polar surface area (TPSA) is 40.5 Å².